The highest BCUT2D eigenvalue weighted by atomic mass is 16.3. The molecule has 0 aliphatic rings. The molecule has 1 aromatic carbocycles. The molecule has 0 saturated heterocycles. The molecule has 0 saturated carbocycles. The van der Waals surface area contributed by atoms with Gasteiger partial charge in [0.1, 0.15) is 11.6 Å². The van der Waals surface area contributed by atoms with E-state index in [0.29, 0.717) is 12.4 Å². The van der Waals surface area contributed by atoms with Crippen molar-refractivity contribution in [3.63, 3.8) is 0 Å². The van der Waals surface area contributed by atoms with E-state index >= 15 is 0 Å². The van der Waals surface area contributed by atoms with Crippen LogP contribution in [0.1, 0.15) is 12.5 Å². The van der Waals surface area contributed by atoms with Gasteiger partial charge in [-0.2, -0.15) is 0 Å². The summed E-state index contributed by atoms with van der Waals surface area (Å²) in [5, 5.41) is 7.47. The number of anilines is 1. The lowest BCUT2D eigenvalue weighted by Gasteiger charge is -2.09. The fourth-order valence-corrected chi connectivity index (χ4v) is 2.41. The minimum atomic E-state index is -0.256. The minimum absolute atomic E-state index is 0.256. The molecule has 0 unspecified atom stereocenters. The van der Waals surface area contributed by atoms with Gasteiger partial charge in [0.2, 0.25) is 0 Å². The molecular weight excluding hydrogens is 278 g/mol. The fraction of sp³-hybridized carbons (Fsp3) is 0.176. The predicted molar refractivity (Wildman–Crippen MR) is 86.9 cm³/mol. The molecule has 3 aromatic rings. The van der Waals surface area contributed by atoms with Crippen LogP contribution in [0, 0.1) is 6.92 Å². The van der Waals surface area contributed by atoms with Crippen molar-refractivity contribution in [2.24, 2.45) is 0 Å². The number of pyridine rings is 1. The maximum atomic E-state index is 11.6. The topological polar surface area (TPSA) is 67.2 Å². The van der Waals surface area contributed by atoms with Crippen LogP contribution in [0.4, 0.5) is 10.6 Å². The van der Waals surface area contributed by atoms with Crippen molar-refractivity contribution in [2.75, 3.05) is 11.9 Å². The lowest BCUT2D eigenvalue weighted by atomic mass is 10.0. The third-order valence-electron chi connectivity index (χ3n) is 3.43. The largest absolute Gasteiger partial charge is 0.464 e. The first-order chi connectivity index (χ1) is 10.7. The Hall–Kier alpha value is -2.82. The van der Waals surface area contributed by atoms with Gasteiger partial charge in [-0.25, -0.2) is 9.78 Å². The highest BCUT2D eigenvalue weighted by Crippen LogP contribution is 2.28. The Kier molecular flexibility index (Phi) is 3.78. The number of hydrogen-bond acceptors (Lipinski definition) is 3. The van der Waals surface area contributed by atoms with E-state index in [0.717, 1.165) is 27.7 Å². The summed E-state index contributed by atoms with van der Waals surface area (Å²) < 4.78 is 5.45. The average Bonchev–Trinajstić information content (AvgIpc) is 3.01. The van der Waals surface area contributed by atoms with Gasteiger partial charge in [0, 0.05) is 23.7 Å². The number of carbonyl (C=O) groups is 1. The molecule has 2 heterocycles. The van der Waals surface area contributed by atoms with Crippen LogP contribution in [-0.4, -0.2) is 17.6 Å². The van der Waals surface area contributed by atoms with Gasteiger partial charge in [0.05, 0.1) is 6.26 Å². The highest BCUT2D eigenvalue weighted by molar-refractivity contribution is 5.94. The summed E-state index contributed by atoms with van der Waals surface area (Å²) in [6, 6.07) is 9.50. The van der Waals surface area contributed by atoms with Gasteiger partial charge in [-0.3, -0.25) is 5.32 Å². The number of aromatic nitrogens is 1. The molecule has 2 N–H and O–H groups in total. The Morgan fingerprint density at radius 1 is 1.32 bits per heavy atom. The molecule has 2 amide bonds. The number of carbonyl (C=O) groups excluding carboxylic acids is 1. The van der Waals surface area contributed by atoms with E-state index in [-0.39, 0.29) is 6.03 Å². The van der Waals surface area contributed by atoms with Crippen molar-refractivity contribution < 1.29 is 9.21 Å². The zero-order valence-corrected chi connectivity index (χ0v) is 12.5. The van der Waals surface area contributed by atoms with Gasteiger partial charge in [-0.15, -0.1) is 0 Å². The molecule has 5 heteroatoms. The Labute approximate surface area is 128 Å². The maximum absolute atomic E-state index is 11.6. The van der Waals surface area contributed by atoms with E-state index in [1.807, 2.05) is 38.1 Å². The first-order valence-electron chi connectivity index (χ1n) is 7.16. The number of nitrogens with zero attached hydrogens (tertiary/aromatic N) is 1. The molecule has 0 fully saturated rings. The number of rotatable bonds is 3. The van der Waals surface area contributed by atoms with Crippen LogP contribution < -0.4 is 10.6 Å². The van der Waals surface area contributed by atoms with Crippen LogP contribution >= 0.6 is 0 Å². The second-order valence-corrected chi connectivity index (χ2v) is 5.05. The average molecular weight is 295 g/mol. The van der Waals surface area contributed by atoms with Gasteiger partial charge in [-0.05, 0) is 55.1 Å². The molecule has 5 nitrogen and oxygen atoms in total. The number of urea groups is 1. The number of fused-ring (bicyclic) bond motifs is 1. The van der Waals surface area contributed by atoms with Crippen LogP contribution in [0.25, 0.3) is 22.1 Å². The van der Waals surface area contributed by atoms with E-state index in [9.17, 15) is 4.79 Å². The summed E-state index contributed by atoms with van der Waals surface area (Å²) in [5.41, 5.74) is 2.12. The van der Waals surface area contributed by atoms with Crippen LogP contribution in [-0.2, 0) is 0 Å². The Bertz CT molecular complexity index is 810. The van der Waals surface area contributed by atoms with Gasteiger partial charge < -0.3 is 9.73 Å². The van der Waals surface area contributed by atoms with Crippen molar-refractivity contribution >= 4 is 22.6 Å². The lowest BCUT2D eigenvalue weighted by molar-refractivity contribution is 0.252. The fourth-order valence-electron chi connectivity index (χ4n) is 2.41. The molecule has 0 aliphatic heterocycles. The van der Waals surface area contributed by atoms with Gasteiger partial charge in [0.15, 0.2) is 0 Å². The first-order valence-corrected chi connectivity index (χ1v) is 7.16. The monoisotopic (exact) mass is 295 g/mol. The van der Waals surface area contributed by atoms with Crippen LogP contribution in [0.2, 0.25) is 0 Å². The SMILES string of the molecule is CCNC(=O)Nc1cc2cc(-c3ccco3)cc(C)c2cn1. The number of hydrogen-bond donors (Lipinski definition) is 2. The smallest absolute Gasteiger partial charge is 0.320 e. The summed E-state index contributed by atoms with van der Waals surface area (Å²) in [5.74, 6) is 1.34. The van der Waals surface area contributed by atoms with E-state index in [4.69, 9.17) is 4.42 Å². The second kappa shape index (κ2) is 5.89. The molecule has 3 rings (SSSR count). The van der Waals surface area contributed by atoms with E-state index < -0.39 is 0 Å². The zero-order valence-electron chi connectivity index (χ0n) is 12.5. The van der Waals surface area contributed by atoms with Gasteiger partial charge in [-0.1, -0.05) is 0 Å². The molecule has 0 bridgehead atoms. The number of benzene rings is 1. The third-order valence-corrected chi connectivity index (χ3v) is 3.43. The second-order valence-electron chi connectivity index (χ2n) is 5.05. The summed E-state index contributed by atoms with van der Waals surface area (Å²) in [4.78, 5) is 15.9. The van der Waals surface area contributed by atoms with Gasteiger partial charge in [0.25, 0.3) is 0 Å². The summed E-state index contributed by atoms with van der Waals surface area (Å²) in [7, 11) is 0. The molecule has 0 atom stereocenters. The predicted octanol–water partition coefficient (Wildman–Crippen LogP) is 3.94. The quantitative estimate of drug-likeness (QED) is 0.769. The molecule has 0 aliphatic carbocycles. The Morgan fingerprint density at radius 3 is 2.91 bits per heavy atom. The Morgan fingerprint density at radius 2 is 2.18 bits per heavy atom. The van der Waals surface area contributed by atoms with Crippen LogP contribution in [0.5, 0.6) is 0 Å². The standard InChI is InChI=1S/C17H17N3O2/c1-3-18-17(21)20-16-9-12-8-13(15-5-4-6-22-15)7-11(2)14(12)10-19-16/h4-10H,3H2,1-2H3,(H2,18,19,20,21). The van der Waals surface area contributed by atoms with E-state index in [2.05, 4.69) is 21.7 Å². The van der Waals surface area contributed by atoms with Crippen LogP contribution in [0.3, 0.4) is 0 Å². The lowest BCUT2D eigenvalue weighted by Crippen LogP contribution is -2.28. The van der Waals surface area contributed by atoms with E-state index in [1.54, 1.807) is 12.5 Å². The summed E-state index contributed by atoms with van der Waals surface area (Å²) in [6.07, 6.45) is 3.43. The van der Waals surface area contributed by atoms with Crippen molar-refractivity contribution in [1.29, 1.82) is 0 Å². The minimum Gasteiger partial charge on any atom is -0.464 e. The van der Waals surface area contributed by atoms with Crippen molar-refractivity contribution in [3.8, 4) is 11.3 Å². The molecule has 0 spiro atoms. The Balaban J connectivity index is 2.01. The first kappa shape index (κ1) is 14.1. The number of furan rings is 1. The van der Waals surface area contributed by atoms with Gasteiger partial charge >= 0.3 is 6.03 Å². The molecular formula is C17H17N3O2. The number of nitrogens with one attached hydrogen (secondary N) is 2. The zero-order chi connectivity index (χ0) is 15.5. The maximum Gasteiger partial charge on any atom is 0.320 e. The highest BCUT2D eigenvalue weighted by Gasteiger charge is 2.08. The van der Waals surface area contributed by atoms with Crippen LogP contribution in [0.15, 0.2) is 47.2 Å². The number of aryl methyl sites for hydroxylation is 1. The summed E-state index contributed by atoms with van der Waals surface area (Å²) >= 11 is 0. The van der Waals surface area contributed by atoms with E-state index in [1.165, 1.54) is 0 Å². The molecule has 22 heavy (non-hydrogen) atoms. The van der Waals surface area contributed by atoms with Crippen molar-refractivity contribution in [2.45, 2.75) is 13.8 Å². The number of amides is 2. The molecule has 2 aromatic heterocycles. The summed E-state index contributed by atoms with van der Waals surface area (Å²) in [6.45, 7) is 4.47. The van der Waals surface area contributed by atoms with Crippen molar-refractivity contribution in [1.82, 2.24) is 10.3 Å². The normalized spacial score (nSPS) is 10.6. The van der Waals surface area contributed by atoms with Crippen molar-refractivity contribution in [3.05, 3.63) is 48.4 Å². The molecule has 0 radical (unpaired) electrons. The molecule has 112 valence electrons. The third kappa shape index (κ3) is 2.79.